The molecule has 3 aliphatic rings. The number of aromatic nitrogens is 1. The summed E-state index contributed by atoms with van der Waals surface area (Å²) in [5, 5.41) is 15.2. The van der Waals surface area contributed by atoms with Crippen molar-refractivity contribution >= 4 is 29.5 Å². The number of methoxy groups -OCH3 is 1. The van der Waals surface area contributed by atoms with Gasteiger partial charge in [0.25, 0.3) is 5.91 Å². The second kappa shape index (κ2) is 17.9. The van der Waals surface area contributed by atoms with Gasteiger partial charge in [0.1, 0.15) is 36.2 Å². The van der Waals surface area contributed by atoms with Crippen LogP contribution >= 0.6 is 0 Å². The molecule has 53 heavy (non-hydrogen) atoms. The predicted octanol–water partition coefficient (Wildman–Crippen LogP) is 2.73. The number of benzene rings is 2. The van der Waals surface area contributed by atoms with E-state index in [0.29, 0.717) is 35.7 Å². The van der Waals surface area contributed by atoms with Crippen molar-refractivity contribution in [3.63, 3.8) is 0 Å². The van der Waals surface area contributed by atoms with E-state index in [9.17, 15) is 24.0 Å². The van der Waals surface area contributed by atoms with Crippen LogP contribution in [0.2, 0.25) is 0 Å². The first-order chi connectivity index (χ1) is 25.4. The van der Waals surface area contributed by atoms with E-state index in [1.54, 1.807) is 69.5 Å². The summed E-state index contributed by atoms with van der Waals surface area (Å²) in [7, 11) is 1.55. The van der Waals surface area contributed by atoms with E-state index in [1.165, 1.54) is 11.0 Å². The van der Waals surface area contributed by atoms with E-state index in [2.05, 4.69) is 40.3 Å². The number of nitrogens with zero attached hydrogens (tertiary/aromatic N) is 2. The lowest BCUT2D eigenvalue weighted by Gasteiger charge is -2.29. The first-order valence-electron chi connectivity index (χ1n) is 18.1. The zero-order valence-electron chi connectivity index (χ0n) is 31.0. The summed E-state index contributed by atoms with van der Waals surface area (Å²) >= 11 is 0. The van der Waals surface area contributed by atoms with Crippen molar-refractivity contribution in [2.45, 2.75) is 84.0 Å². The largest absolute Gasteiger partial charge is 0.497 e. The molecule has 14 heteroatoms. The van der Waals surface area contributed by atoms with Gasteiger partial charge in [-0.05, 0) is 80.3 Å². The van der Waals surface area contributed by atoms with Crippen molar-refractivity contribution in [3.8, 4) is 11.5 Å². The van der Waals surface area contributed by atoms with Gasteiger partial charge in [-0.1, -0.05) is 43.3 Å². The van der Waals surface area contributed by atoms with Crippen molar-refractivity contribution in [2.75, 3.05) is 26.8 Å². The van der Waals surface area contributed by atoms with E-state index in [-0.39, 0.29) is 55.5 Å². The highest BCUT2D eigenvalue weighted by molar-refractivity contribution is 5.97. The van der Waals surface area contributed by atoms with Gasteiger partial charge >= 0.3 is 0 Å². The minimum Gasteiger partial charge on any atom is -0.497 e. The van der Waals surface area contributed by atoms with Crippen molar-refractivity contribution in [1.29, 1.82) is 0 Å². The molecule has 1 saturated carbocycles. The summed E-state index contributed by atoms with van der Waals surface area (Å²) in [5.41, 5.74) is 1.92. The number of carbonyl (C=O) groups excluding carboxylic acids is 5. The van der Waals surface area contributed by atoms with E-state index in [4.69, 9.17) is 14.0 Å². The normalized spacial score (nSPS) is 22.0. The monoisotopic (exact) mass is 730 g/mol. The Morgan fingerprint density at radius 3 is 2.34 bits per heavy atom. The van der Waals surface area contributed by atoms with Crippen LogP contribution in [0.25, 0.3) is 0 Å². The lowest BCUT2D eigenvalue weighted by molar-refractivity contribution is -0.140. The predicted molar refractivity (Wildman–Crippen MR) is 195 cm³/mol. The topological polar surface area (TPSA) is 181 Å². The Morgan fingerprint density at radius 1 is 1.00 bits per heavy atom. The van der Waals surface area contributed by atoms with Crippen molar-refractivity contribution in [2.24, 2.45) is 11.8 Å². The lowest BCUT2D eigenvalue weighted by atomic mass is 10.0. The molecule has 284 valence electrons. The van der Waals surface area contributed by atoms with Crippen molar-refractivity contribution in [1.82, 2.24) is 31.3 Å². The highest BCUT2D eigenvalue weighted by atomic mass is 16.5. The SMILES string of the molecule is COc1ccc(C[C@@H]2NC(=O)[C@@H](NC(=O)c3cc(C)no3)Cc3ccc(cc3)OC[C@H](CC(C)C)NC(=O)CN(CC3CC3)C(=O)[C@@H](C)NC2=O)cc1. The number of nitrogens with one attached hydrogen (secondary N) is 4. The van der Waals surface area contributed by atoms with Crippen LogP contribution in [0.15, 0.2) is 59.1 Å². The third-order valence-corrected chi connectivity index (χ3v) is 9.19. The van der Waals surface area contributed by atoms with Crippen LogP contribution < -0.4 is 30.7 Å². The average molecular weight is 731 g/mol. The van der Waals surface area contributed by atoms with Gasteiger partial charge in [0.15, 0.2) is 0 Å². The van der Waals surface area contributed by atoms with E-state index in [1.807, 2.05) is 0 Å². The van der Waals surface area contributed by atoms with Crippen molar-refractivity contribution in [3.05, 3.63) is 77.2 Å². The smallest absolute Gasteiger partial charge is 0.290 e. The van der Waals surface area contributed by atoms with Gasteiger partial charge in [0.05, 0.1) is 25.4 Å². The molecule has 4 atom stereocenters. The van der Waals surface area contributed by atoms with Gasteiger partial charge in [-0.25, -0.2) is 0 Å². The van der Waals surface area contributed by atoms with Gasteiger partial charge in [-0.2, -0.15) is 0 Å². The lowest BCUT2D eigenvalue weighted by Crippen LogP contribution is -2.58. The van der Waals surface area contributed by atoms with Gasteiger partial charge in [-0.3, -0.25) is 24.0 Å². The van der Waals surface area contributed by atoms with Crippen molar-refractivity contribution < 1.29 is 38.0 Å². The molecule has 14 nitrogen and oxygen atoms in total. The average Bonchev–Trinajstić information content (AvgIpc) is 3.84. The molecule has 3 heterocycles. The van der Waals surface area contributed by atoms with E-state index >= 15 is 0 Å². The van der Waals surface area contributed by atoms with Gasteiger partial charge < -0.3 is 40.2 Å². The molecule has 0 saturated heterocycles. The summed E-state index contributed by atoms with van der Waals surface area (Å²) in [6.45, 7) is 7.79. The molecule has 1 aromatic heterocycles. The summed E-state index contributed by atoms with van der Waals surface area (Å²) in [5.74, 6) is -0.931. The first kappa shape index (κ1) is 38.8. The highest BCUT2D eigenvalue weighted by Gasteiger charge is 2.34. The maximum absolute atomic E-state index is 14.1. The number of ether oxygens (including phenoxy) is 2. The molecule has 0 spiro atoms. The second-order valence-electron chi connectivity index (χ2n) is 14.4. The molecule has 6 rings (SSSR count). The van der Waals surface area contributed by atoms with Gasteiger partial charge in [0, 0.05) is 25.5 Å². The number of hydrogen-bond donors (Lipinski definition) is 4. The molecular weight excluding hydrogens is 680 g/mol. The molecule has 5 amide bonds. The Bertz CT molecular complexity index is 1740. The molecule has 2 bridgehead atoms. The molecule has 4 N–H and O–H groups in total. The Morgan fingerprint density at radius 2 is 1.72 bits per heavy atom. The highest BCUT2D eigenvalue weighted by Crippen LogP contribution is 2.30. The van der Waals surface area contributed by atoms with Gasteiger partial charge in [0.2, 0.25) is 29.4 Å². The van der Waals surface area contributed by atoms with Crippen LogP contribution in [-0.2, 0) is 32.0 Å². The number of fused-ring (bicyclic) bond motifs is 17. The summed E-state index contributed by atoms with van der Waals surface area (Å²) < 4.78 is 16.5. The molecule has 3 aromatic rings. The molecule has 0 radical (unpaired) electrons. The quantitative estimate of drug-likeness (QED) is 0.241. The zero-order valence-corrected chi connectivity index (χ0v) is 31.0. The maximum Gasteiger partial charge on any atom is 0.290 e. The van der Waals surface area contributed by atoms with E-state index in [0.717, 1.165) is 18.4 Å². The number of aryl methyl sites for hydroxylation is 1. The molecular formula is C39H50N6O8. The van der Waals surface area contributed by atoms with E-state index < -0.39 is 41.8 Å². The first-order valence-corrected chi connectivity index (χ1v) is 18.1. The Hall–Kier alpha value is -5.40. The number of carbonyl (C=O) groups is 5. The Kier molecular flexibility index (Phi) is 13.1. The molecule has 1 aliphatic carbocycles. The third-order valence-electron chi connectivity index (χ3n) is 9.19. The van der Waals surface area contributed by atoms with Gasteiger partial charge in [-0.15, -0.1) is 0 Å². The van der Waals surface area contributed by atoms with Crippen LogP contribution in [0.5, 0.6) is 11.5 Å². The standard InChI is InChI=1S/C39H50N6O8/c1-23(2)16-29-22-52-31-14-10-27(11-15-31)19-33(43-38(49)34-17-24(3)44-53-34)37(48)42-32(18-26-8-12-30(51-5)13-9-26)36(47)40-25(4)39(50)45(20-28-6-7-28)21-35(46)41-29/h8-15,17,23,25,28-29,32-33H,6-7,16,18-22H2,1-5H3,(H,40,47)(H,41,46)(H,42,48)(H,43,49)/t25-,29+,32+,33+/m1/s1. The molecule has 1 fully saturated rings. The minimum atomic E-state index is -1.14. The Labute approximate surface area is 309 Å². The number of hydrogen-bond acceptors (Lipinski definition) is 9. The Balaban J connectivity index is 1.47. The van der Waals surface area contributed by atoms with Crippen LogP contribution in [0, 0.1) is 18.8 Å². The van der Waals surface area contributed by atoms with Crippen LogP contribution in [-0.4, -0.2) is 90.6 Å². The summed E-state index contributed by atoms with van der Waals surface area (Å²) in [6, 6.07) is 12.0. The minimum absolute atomic E-state index is 0.0656. The maximum atomic E-state index is 14.1. The fourth-order valence-electron chi connectivity index (χ4n) is 6.22. The number of rotatable bonds is 9. The summed E-state index contributed by atoms with van der Waals surface area (Å²) in [4.78, 5) is 70.1. The molecule has 2 aromatic carbocycles. The number of amides is 5. The van der Waals surface area contributed by atoms with Crippen LogP contribution in [0.4, 0.5) is 0 Å². The molecule has 0 unspecified atom stereocenters. The third kappa shape index (κ3) is 11.5. The summed E-state index contributed by atoms with van der Waals surface area (Å²) in [6.07, 6.45) is 2.71. The zero-order chi connectivity index (χ0) is 38.1. The van der Waals surface area contributed by atoms with Crippen LogP contribution in [0.3, 0.4) is 0 Å². The second-order valence-corrected chi connectivity index (χ2v) is 14.4. The molecule has 2 aliphatic heterocycles. The van der Waals surface area contributed by atoms with Crippen LogP contribution in [0.1, 0.15) is 67.4 Å². The fourth-order valence-corrected chi connectivity index (χ4v) is 6.22. The fraction of sp³-hybridized carbons (Fsp3) is 0.487.